The molecule has 0 aliphatic carbocycles. The minimum absolute atomic E-state index is 0.220. The first-order chi connectivity index (χ1) is 13.0. The maximum Gasteiger partial charge on any atom is 0.0715 e. The Kier molecular flexibility index (Phi) is 6.53. The van der Waals surface area contributed by atoms with E-state index in [-0.39, 0.29) is 5.56 Å². The lowest BCUT2D eigenvalue weighted by molar-refractivity contribution is -0.255. The molecule has 0 spiro atoms. The van der Waals surface area contributed by atoms with Crippen molar-refractivity contribution in [2.45, 2.75) is 25.7 Å². The summed E-state index contributed by atoms with van der Waals surface area (Å²) in [4.78, 5) is 12.5. The molecule has 5 heteroatoms. The molecule has 1 aliphatic rings. The second-order valence-electron chi connectivity index (χ2n) is 7.05. The quantitative estimate of drug-likeness (QED) is 0.625. The van der Waals surface area contributed by atoms with Crippen molar-refractivity contribution in [3.05, 3.63) is 69.6 Å². The Labute approximate surface area is 169 Å². The van der Waals surface area contributed by atoms with E-state index in [0.29, 0.717) is 5.92 Å². The third kappa shape index (κ3) is 4.89. The number of halogens is 1. The summed E-state index contributed by atoms with van der Waals surface area (Å²) >= 11 is 8.14. The summed E-state index contributed by atoms with van der Waals surface area (Å²) in [6.45, 7) is 4.55. The number of likely N-dealkylation sites (tertiary alicyclic amines) is 1. The van der Waals surface area contributed by atoms with Crippen LogP contribution in [0.5, 0.6) is 0 Å². The Morgan fingerprint density at radius 1 is 1.19 bits per heavy atom. The summed E-state index contributed by atoms with van der Waals surface area (Å²) in [7, 11) is 2.21. The van der Waals surface area contributed by atoms with Crippen molar-refractivity contribution in [2.75, 3.05) is 20.1 Å². The number of carbonyl (C=O) groups excluding carboxylic acids is 1. The molecule has 0 radical (unpaired) electrons. The molecule has 3 nitrogen and oxygen atoms in total. The van der Waals surface area contributed by atoms with Crippen LogP contribution in [0.3, 0.4) is 0 Å². The summed E-state index contributed by atoms with van der Waals surface area (Å²) in [5.41, 5.74) is 3.01. The van der Waals surface area contributed by atoms with E-state index in [4.69, 9.17) is 11.6 Å². The second-order valence-corrected chi connectivity index (χ2v) is 8.33. The van der Waals surface area contributed by atoms with E-state index < -0.39 is 5.97 Å². The Hall–Kier alpha value is -1.88. The van der Waals surface area contributed by atoms with Gasteiger partial charge in [-0.25, -0.2) is 0 Å². The molecule has 0 bridgehead atoms. The molecular formula is C22H23ClNO2S-. The minimum atomic E-state index is -1.13. The number of piperidine rings is 1. The maximum absolute atomic E-state index is 10.1. The number of fused-ring (bicyclic) bond motifs is 1. The zero-order chi connectivity index (χ0) is 19.4. The van der Waals surface area contributed by atoms with Crippen LogP contribution in [0.2, 0.25) is 5.02 Å². The van der Waals surface area contributed by atoms with Gasteiger partial charge in [0.05, 0.1) is 15.7 Å². The van der Waals surface area contributed by atoms with Crippen molar-refractivity contribution in [3.8, 4) is 0 Å². The molecule has 1 aromatic heterocycles. The molecule has 3 aromatic rings. The van der Waals surface area contributed by atoms with Crippen LogP contribution < -0.4 is 5.11 Å². The summed E-state index contributed by atoms with van der Waals surface area (Å²) in [5, 5.41) is 14.7. The fourth-order valence-corrected chi connectivity index (χ4v) is 4.91. The molecule has 27 heavy (non-hydrogen) atoms. The zero-order valence-electron chi connectivity index (χ0n) is 15.6. The zero-order valence-corrected chi connectivity index (χ0v) is 17.1. The first kappa shape index (κ1) is 19.9. The molecule has 0 saturated carbocycles. The standard InChI is InChI=1S/C15H18ClNS.C7H6O2/c1-10-7-12-13(9-18-15(12)14(16)8-10)11-3-5-17(2)6-4-11;8-7(9)6-4-2-1-3-5-6/h7-9,11H,3-6H2,1-2H3;1-5H,(H,8,9)/p-1. The first-order valence-corrected chi connectivity index (χ1v) is 10.3. The monoisotopic (exact) mass is 400 g/mol. The van der Waals surface area contributed by atoms with E-state index in [2.05, 4.69) is 36.4 Å². The number of carbonyl (C=O) groups is 1. The van der Waals surface area contributed by atoms with E-state index in [1.807, 2.05) is 0 Å². The molecule has 0 atom stereocenters. The first-order valence-electron chi connectivity index (χ1n) is 9.08. The molecule has 1 saturated heterocycles. The number of rotatable bonds is 2. The Balaban J connectivity index is 0.000000197. The van der Waals surface area contributed by atoms with Crippen molar-refractivity contribution >= 4 is 39.0 Å². The smallest absolute Gasteiger partial charge is 0.0715 e. The van der Waals surface area contributed by atoms with E-state index in [0.717, 1.165) is 5.02 Å². The van der Waals surface area contributed by atoms with Gasteiger partial charge in [-0.15, -0.1) is 11.3 Å². The molecule has 0 unspecified atom stereocenters. The topological polar surface area (TPSA) is 43.4 Å². The van der Waals surface area contributed by atoms with Gasteiger partial charge >= 0.3 is 0 Å². The number of carboxylic acid groups (broad SMARTS) is 1. The number of aryl methyl sites for hydroxylation is 1. The summed E-state index contributed by atoms with van der Waals surface area (Å²) < 4.78 is 1.26. The summed E-state index contributed by atoms with van der Waals surface area (Å²) in [6.07, 6.45) is 2.54. The van der Waals surface area contributed by atoms with Crippen LogP contribution in [0.1, 0.15) is 40.2 Å². The fourth-order valence-electron chi connectivity index (χ4n) is 3.46. The third-order valence-electron chi connectivity index (χ3n) is 4.97. The normalized spacial score (nSPS) is 15.4. The molecule has 0 amide bonds. The van der Waals surface area contributed by atoms with Crippen molar-refractivity contribution in [1.29, 1.82) is 0 Å². The highest BCUT2D eigenvalue weighted by molar-refractivity contribution is 7.18. The van der Waals surface area contributed by atoms with Gasteiger partial charge in [0.2, 0.25) is 0 Å². The Bertz CT molecular complexity index is 915. The molecular weight excluding hydrogens is 378 g/mol. The Morgan fingerprint density at radius 2 is 1.85 bits per heavy atom. The van der Waals surface area contributed by atoms with E-state index >= 15 is 0 Å². The average Bonchev–Trinajstić information content (AvgIpc) is 3.08. The molecule has 1 aliphatic heterocycles. The van der Waals surface area contributed by atoms with Crippen molar-refractivity contribution in [2.24, 2.45) is 0 Å². The van der Waals surface area contributed by atoms with E-state index in [9.17, 15) is 9.90 Å². The van der Waals surface area contributed by atoms with Crippen molar-refractivity contribution in [3.63, 3.8) is 0 Å². The van der Waals surface area contributed by atoms with Crippen molar-refractivity contribution < 1.29 is 9.90 Å². The van der Waals surface area contributed by atoms with Gasteiger partial charge in [0, 0.05) is 0 Å². The van der Waals surface area contributed by atoms with Crippen LogP contribution in [0.25, 0.3) is 10.1 Å². The lowest BCUT2D eigenvalue weighted by Gasteiger charge is -2.28. The van der Waals surface area contributed by atoms with Gasteiger partial charge in [-0.05, 0) is 79.3 Å². The summed E-state index contributed by atoms with van der Waals surface area (Å²) in [5.74, 6) is -0.414. The maximum atomic E-state index is 10.1. The van der Waals surface area contributed by atoms with E-state index in [1.165, 1.54) is 59.3 Å². The second kappa shape index (κ2) is 8.87. The highest BCUT2D eigenvalue weighted by Gasteiger charge is 2.21. The number of aromatic carboxylic acids is 1. The molecule has 1 fully saturated rings. The van der Waals surface area contributed by atoms with Crippen molar-refractivity contribution in [1.82, 2.24) is 4.90 Å². The van der Waals surface area contributed by atoms with Gasteiger partial charge in [-0.1, -0.05) is 48.0 Å². The van der Waals surface area contributed by atoms with Gasteiger partial charge < -0.3 is 14.8 Å². The van der Waals surface area contributed by atoms with Gasteiger partial charge in [-0.2, -0.15) is 0 Å². The van der Waals surface area contributed by atoms with Gasteiger partial charge in [0.25, 0.3) is 0 Å². The summed E-state index contributed by atoms with van der Waals surface area (Å²) in [6, 6.07) is 12.4. The van der Waals surface area contributed by atoms with Gasteiger partial charge in [0.1, 0.15) is 0 Å². The van der Waals surface area contributed by atoms with Crippen LogP contribution in [-0.4, -0.2) is 31.0 Å². The predicted molar refractivity (Wildman–Crippen MR) is 112 cm³/mol. The minimum Gasteiger partial charge on any atom is -0.545 e. The third-order valence-corrected chi connectivity index (χ3v) is 6.43. The van der Waals surface area contributed by atoms with E-state index in [1.54, 1.807) is 29.5 Å². The number of nitrogens with zero attached hydrogens (tertiary/aromatic N) is 1. The number of thiophene rings is 1. The Morgan fingerprint density at radius 3 is 2.44 bits per heavy atom. The van der Waals surface area contributed by atoms with Crippen LogP contribution in [0.15, 0.2) is 47.8 Å². The SMILES string of the molecule is Cc1cc(Cl)c2scc(C3CCN(C)CC3)c2c1.O=C([O-])c1ccccc1. The van der Waals surface area contributed by atoms with Crippen LogP contribution in [-0.2, 0) is 0 Å². The van der Waals surface area contributed by atoms with Crippen LogP contribution in [0, 0.1) is 6.92 Å². The van der Waals surface area contributed by atoms with Crippen LogP contribution >= 0.6 is 22.9 Å². The highest BCUT2D eigenvalue weighted by Crippen LogP contribution is 2.39. The molecule has 2 aromatic carbocycles. The van der Waals surface area contributed by atoms with Gasteiger partial charge in [-0.3, -0.25) is 0 Å². The van der Waals surface area contributed by atoms with Gasteiger partial charge in [0.15, 0.2) is 0 Å². The molecule has 4 rings (SSSR count). The predicted octanol–water partition coefficient (Wildman–Crippen LogP) is 4.72. The number of benzene rings is 2. The van der Waals surface area contributed by atoms with Crippen LogP contribution in [0.4, 0.5) is 0 Å². The number of hydrogen-bond acceptors (Lipinski definition) is 4. The fraction of sp³-hybridized carbons (Fsp3) is 0.318. The average molecular weight is 401 g/mol. The molecule has 2 heterocycles. The number of carboxylic acids is 1. The highest BCUT2D eigenvalue weighted by atomic mass is 35.5. The molecule has 0 N–H and O–H groups in total. The largest absolute Gasteiger partial charge is 0.545 e. The molecule has 142 valence electrons. The number of hydrogen-bond donors (Lipinski definition) is 0. The lowest BCUT2D eigenvalue weighted by Crippen LogP contribution is -2.29. The lowest BCUT2D eigenvalue weighted by atomic mass is 9.89.